The maximum Gasteiger partial charge on any atom is 0.246 e. The van der Waals surface area contributed by atoms with E-state index in [2.05, 4.69) is 15.3 Å². The first-order chi connectivity index (χ1) is 16.0. The zero-order chi connectivity index (χ0) is 23.5. The molecule has 3 aromatic rings. The number of amides is 1. The van der Waals surface area contributed by atoms with Gasteiger partial charge in [0.05, 0.1) is 12.1 Å². The van der Waals surface area contributed by atoms with E-state index in [1.54, 1.807) is 0 Å². The topological polar surface area (TPSA) is 93.4 Å². The normalized spacial score (nSPS) is 13.8. The molecule has 1 amide bonds. The van der Waals surface area contributed by atoms with E-state index in [1.807, 2.05) is 73.6 Å². The van der Waals surface area contributed by atoms with Crippen molar-refractivity contribution >= 4 is 28.6 Å². The number of hydrogen-bond acceptors (Lipinski definition) is 6. The average molecular weight is 450 g/mol. The van der Waals surface area contributed by atoms with Gasteiger partial charge in [-0.05, 0) is 36.5 Å². The van der Waals surface area contributed by atoms with Crippen molar-refractivity contribution in [2.75, 3.05) is 37.9 Å². The van der Waals surface area contributed by atoms with Crippen LogP contribution >= 0.6 is 0 Å². The summed E-state index contributed by atoms with van der Waals surface area (Å²) in [4.78, 5) is 21.9. The molecule has 0 aliphatic heterocycles. The summed E-state index contributed by atoms with van der Waals surface area (Å²) in [6.45, 7) is 1.47. The van der Waals surface area contributed by atoms with Crippen LogP contribution in [0.15, 0.2) is 54.6 Å². The van der Waals surface area contributed by atoms with Gasteiger partial charge in [0.25, 0.3) is 0 Å². The van der Waals surface area contributed by atoms with E-state index in [4.69, 9.17) is 10.5 Å². The van der Waals surface area contributed by atoms with Crippen LogP contribution in [0.1, 0.15) is 37.7 Å². The molecule has 2 aromatic carbocycles. The number of carbonyl (C=O) groups excluding carboxylic acids is 1. The molecule has 0 atom stereocenters. The fraction of sp³-hybridized carbons (Fsp3) is 0.423. The number of carbonyl (C=O) groups is 1. The maximum absolute atomic E-state index is 11.6. The van der Waals surface area contributed by atoms with Gasteiger partial charge in [0.15, 0.2) is 0 Å². The summed E-state index contributed by atoms with van der Waals surface area (Å²) in [6.07, 6.45) is 6.48. The van der Waals surface area contributed by atoms with Crippen molar-refractivity contribution in [3.8, 4) is 0 Å². The van der Waals surface area contributed by atoms with Gasteiger partial charge in [-0.15, -0.1) is 0 Å². The average Bonchev–Trinajstić information content (AvgIpc) is 2.84. The monoisotopic (exact) mass is 449 g/mol. The summed E-state index contributed by atoms with van der Waals surface area (Å²) in [5, 5.41) is 3.99. The summed E-state index contributed by atoms with van der Waals surface area (Å²) in [7, 11) is 3.88. The minimum Gasteiger partial charge on any atom is -0.368 e. The van der Waals surface area contributed by atoms with Crippen molar-refractivity contribution in [1.82, 2.24) is 15.3 Å². The molecule has 1 saturated carbocycles. The maximum atomic E-state index is 11.6. The molecule has 0 saturated heterocycles. The Morgan fingerprint density at radius 1 is 1.03 bits per heavy atom. The molecule has 1 aliphatic rings. The van der Waals surface area contributed by atoms with E-state index < -0.39 is 0 Å². The van der Waals surface area contributed by atoms with Gasteiger partial charge in [0.1, 0.15) is 12.4 Å². The van der Waals surface area contributed by atoms with E-state index in [-0.39, 0.29) is 12.5 Å². The van der Waals surface area contributed by atoms with Gasteiger partial charge < -0.3 is 20.7 Å². The second kappa shape index (κ2) is 12.7. The van der Waals surface area contributed by atoms with Gasteiger partial charge in [0, 0.05) is 26.0 Å². The number of para-hydroxylation sites is 1. The summed E-state index contributed by atoms with van der Waals surface area (Å²) in [5.74, 6) is 1.84. The number of nitrogens with zero attached hydrogens (tertiary/aromatic N) is 3. The van der Waals surface area contributed by atoms with Gasteiger partial charge in [0.2, 0.25) is 11.9 Å². The zero-order valence-corrected chi connectivity index (χ0v) is 19.7. The van der Waals surface area contributed by atoms with E-state index in [1.165, 1.54) is 32.1 Å². The number of nitrogens with two attached hydrogens (primary N) is 1. The lowest BCUT2D eigenvalue weighted by atomic mass is 9.89. The Morgan fingerprint density at radius 2 is 1.73 bits per heavy atom. The molecule has 0 bridgehead atoms. The zero-order valence-electron chi connectivity index (χ0n) is 19.7. The highest BCUT2D eigenvalue weighted by atomic mass is 16.5. The van der Waals surface area contributed by atoms with Gasteiger partial charge in [-0.3, -0.25) is 4.79 Å². The quantitative estimate of drug-likeness (QED) is 0.562. The number of ether oxygens (including phenoxy) is 1. The number of benzene rings is 2. The van der Waals surface area contributed by atoms with Crippen molar-refractivity contribution in [2.45, 2.75) is 38.7 Å². The van der Waals surface area contributed by atoms with Gasteiger partial charge in [-0.1, -0.05) is 61.7 Å². The van der Waals surface area contributed by atoms with Gasteiger partial charge >= 0.3 is 0 Å². The van der Waals surface area contributed by atoms with Crippen LogP contribution in [0.5, 0.6) is 0 Å². The van der Waals surface area contributed by atoms with E-state index >= 15 is 0 Å². The van der Waals surface area contributed by atoms with Crippen LogP contribution in [0, 0.1) is 5.92 Å². The van der Waals surface area contributed by atoms with Crippen LogP contribution in [0.25, 0.3) is 10.9 Å². The number of rotatable bonds is 7. The fourth-order valence-corrected chi connectivity index (χ4v) is 3.95. The van der Waals surface area contributed by atoms with Crippen molar-refractivity contribution < 1.29 is 9.53 Å². The first-order valence-electron chi connectivity index (χ1n) is 11.6. The Hall–Kier alpha value is -3.19. The highest BCUT2D eigenvalue weighted by Crippen LogP contribution is 2.23. The lowest BCUT2D eigenvalue weighted by molar-refractivity contribution is -0.126. The van der Waals surface area contributed by atoms with Crippen LogP contribution in [0.2, 0.25) is 0 Å². The first kappa shape index (κ1) is 24.5. The summed E-state index contributed by atoms with van der Waals surface area (Å²) in [6, 6.07) is 17.7. The third-order valence-electron chi connectivity index (χ3n) is 5.68. The molecule has 7 nitrogen and oxygen atoms in total. The first-order valence-corrected chi connectivity index (χ1v) is 11.6. The summed E-state index contributed by atoms with van der Waals surface area (Å²) < 4.78 is 5.41. The number of anilines is 2. The molecular formula is C26H35N5O2. The lowest BCUT2D eigenvalue weighted by Crippen LogP contribution is -2.32. The molecule has 1 fully saturated rings. The number of aromatic nitrogens is 2. The molecule has 33 heavy (non-hydrogen) atoms. The number of hydrogen-bond donors (Lipinski definition) is 2. The predicted molar refractivity (Wildman–Crippen MR) is 134 cm³/mol. The minimum atomic E-state index is 0.00139. The summed E-state index contributed by atoms with van der Waals surface area (Å²) >= 11 is 0. The number of fused-ring (bicyclic) bond motifs is 1. The van der Waals surface area contributed by atoms with Crippen LogP contribution in [-0.4, -0.2) is 43.1 Å². The molecule has 3 N–H and O–H groups in total. The van der Waals surface area contributed by atoms with Gasteiger partial charge in [-0.25, -0.2) is 4.98 Å². The molecule has 0 radical (unpaired) electrons. The lowest BCUT2D eigenvalue weighted by Gasteiger charge is -2.21. The second-order valence-corrected chi connectivity index (χ2v) is 8.60. The summed E-state index contributed by atoms with van der Waals surface area (Å²) in [5.41, 5.74) is 7.59. The molecule has 176 valence electrons. The van der Waals surface area contributed by atoms with E-state index in [9.17, 15) is 4.79 Å². The molecule has 1 heterocycles. The molecule has 4 rings (SSSR count). The standard InChI is InChI=1S/C16H23NO2.C10H12N4/c18-16(17-11-14-7-3-1-4-8-14)13-19-12-15-9-5-2-6-10-15;1-14(2)9-7-5-3-4-6-8(7)12-10(11)13-9/h2,5-6,9-10,14H,1,3-4,7-8,11-13H2,(H,17,18);3-6H,1-2H3,(H2,11,12,13). The molecule has 0 unspecified atom stereocenters. The minimum absolute atomic E-state index is 0.00139. The molecule has 1 aromatic heterocycles. The largest absolute Gasteiger partial charge is 0.368 e. The highest BCUT2D eigenvalue weighted by molar-refractivity contribution is 5.90. The van der Waals surface area contributed by atoms with Gasteiger partial charge in [-0.2, -0.15) is 4.98 Å². The van der Waals surface area contributed by atoms with Crippen molar-refractivity contribution in [1.29, 1.82) is 0 Å². The predicted octanol–water partition coefficient (Wildman–Crippen LogP) is 4.18. The third-order valence-corrected chi connectivity index (χ3v) is 5.68. The van der Waals surface area contributed by atoms with Crippen molar-refractivity contribution in [2.24, 2.45) is 5.92 Å². The smallest absolute Gasteiger partial charge is 0.246 e. The molecule has 1 aliphatic carbocycles. The Labute approximate surface area is 196 Å². The van der Waals surface area contributed by atoms with Crippen molar-refractivity contribution in [3.63, 3.8) is 0 Å². The second-order valence-electron chi connectivity index (χ2n) is 8.60. The van der Waals surface area contributed by atoms with E-state index in [0.29, 0.717) is 18.5 Å². The number of nitrogen functional groups attached to an aromatic ring is 1. The molecule has 0 spiro atoms. The van der Waals surface area contributed by atoms with Crippen LogP contribution in [0.3, 0.4) is 0 Å². The van der Waals surface area contributed by atoms with Crippen LogP contribution in [-0.2, 0) is 16.1 Å². The number of nitrogens with one attached hydrogen (secondary N) is 1. The Kier molecular flexibility index (Phi) is 9.44. The highest BCUT2D eigenvalue weighted by Gasteiger charge is 2.14. The molecular weight excluding hydrogens is 414 g/mol. The fourth-order valence-electron chi connectivity index (χ4n) is 3.95. The van der Waals surface area contributed by atoms with Crippen LogP contribution in [0.4, 0.5) is 11.8 Å². The third kappa shape index (κ3) is 8.02. The van der Waals surface area contributed by atoms with E-state index in [0.717, 1.165) is 28.8 Å². The Balaban J connectivity index is 0.000000194. The van der Waals surface area contributed by atoms with Crippen LogP contribution < -0.4 is 16.0 Å². The Bertz CT molecular complexity index is 1000. The Morgan fingerprint density at radius 3 is 2.45 bits per heavy atom. The van der Waals surface area contributed by atoms with Crippen molar-refractivity contribution in [3.05, 3.63) is 60.2 Å². The SMILES string of the molecule is CN(C)c1nc(N)nc2ccccc12.O=C(COCc1ccccc1)NCC1CCCCC1. The molecule has 7 heteroatoms.